The van der Waals surface area contributed by atoms with Crippen LogP contribution in [0.2, 0.25) is 0 Å². The minimum Gasteiger partial charge on any atom is -0.0555 e. The van der Waals surface area contributed by atoms with Crippen LogP contribution in [0.3, 0.4) is 0 Å². The molecule has 2 fully saturated rings. The van der Waals surface area contributed by atoms with Gasteiger partial charge in [0, 0.05) is 0 Å². The van der Waals surface area contributed by atoms with Gasteiger partial charge < -0.3 is 0 Å². The van der Waals surface area contributed by atoms with E-state index in [1.807, 2.05) is 0 Å². The first-order valence-corrected chi connectivity index (χ1v) is 8.87. The molecule has 0 saturated heterocycles. The fourth-order valence-electron chi connectivity index (χ4n) is 4.72. The lowest BCUT2D eigenvalue weighted by Crippen LogP contribution is -2.10. The van der Waals surface area contributed by atoms with Gasteiger partial charge in [-0.15, -0.1) is 0 Å². The molecule has 1 aromatic rings. The van der Waals surface area contributed by atoms with E-state index in [9.17, 15) is 0 Å². The van der Waals surface area contributed by atoms with E-state index < -0.39 is 0 Å². The Bertz CT molecular complexity index is 422. The zero-order chi connectivity index (χ0) is 13.9. The van der Waals surface area contributed by atoms with Gasteiger partial charge in [-0.3, -0.25) is 0 Å². The molecular formula is C20H30. The third kappa shape index (κ3) is 2.95. The van der Waals surface area contributed by atoms with Crippen LogP contribution in [0.1, 0.15) is 98.3 Å². The van der Waals surface area contributed by atoms with Crippen LogP contribution in [0.4, 0.5) is 0 Å². The van der Waals surface area contributed by atoms with E-state index in [1.54, 1.807) is 22.3 Å². The second-order valence-corrected chi connectivity index (χ2v) is 7.24. The Labute approximate surface area is 125 Å². The van der Waals surface area contributed by atoms with Crippen LogP contribution in [0.15, 0.2) is 12.1 Å². The summed E-state index contributed by atoms with van der Waals surface area (Å²) in [5, 5.41) is 0. The zero-order valence-corrected chi connectivity index (χ0v) is 13.4. The van der Waals surface area contributed by atoms with E-state index in [-0.39, 0.29) is 0 Å². The summed E-state index contributed by atoms with van der Waals surface area (Å²) in [5.41, 5.74) is 6.50. The maximum Gasteiger partial charge on any atom is -0.0157 e. The summed E-state index contributed by atoms with van der Waals surface area (Å²) in [6.07, 6.45) is 14.3. The lowest BCUT2D eigenvalue weighted by molar-refractivity contribution is 0.437. The lowest BCUT2D eigenvalue weighted by Gasteiger charge is -2.28. The van der Waals surface area contributed by atoms with Gasteiger partial charge in [-0.05, 0) is 73.6 Å². The number of benzene rings is 1. The van der Waals surface area contributed by atoms with E-state index in [4.69, 9.17) is 0 Å². The molecule has 0 N–H and O–H groups in total. The minimum absolute atomic E-state index is 0.849. The van der Waals surface area contributed by atoms with Crippen molar-refractivity contribution >= 4 is 0 Å². The molecule has 0 heteroatoms. The molecule has 0 bridgehead atoms. The van der Waals surface area contributed by atoms with E-state index >= 15 is 0 Å². The van der Waals surface area contributed by atoms with E-state index in [0.717, 1.165) is 11.8 Å². The molecule has 2 aliphatic carbocycles. The fourth-order valence-corrected chi connectivity index (χ4v) is 4.72. The predicted octanol–water partition coefficient (Wildman–Crippen LogP) is 6.40. The van der Waals surface area contributed by atoms with Crippen molar-refractivity contribution in [3.05, 3.63) is 34.4 Å². The van der Waals surface area contributed by atoms with Crippen molar-refractivity contribution in [2.75, 3.05) is 0 Å². The first-order valence-electron chi connectivity index (χ1n) is 8.87. The van der Waals surface area contributed by atoms with Crippen LogP contribution >= 0.6 is 0 Å². The third-order valence-electron chi connectivity index (χ3n) is 5.71. The average Bonchev–Trinajstić information content (AvgIpc) is 2.48. The number of rotatable bonds is 2. The highest BCUT2D eigenvalue weighted by atomic mass is 14.3. The van der Waals surface area contributed by atoms with Gasteiger partial charge in [-0.2, -0.15) is 0 Å². The van der Waals surface area contributed by atoms with Crippen LogP contribution in [0.5, 0.6) is 0 Å². The van der Waals surface area contributed by atoms with Gasteiger partial charge in [-0.25, -0.2) is 0 Å². The molecule has 0 unspecified atom stereocenters. The summed E-state index contributed by atoms with van der Waals surface area (Å²) in [5.74, 6) is 1.70. The van der Waals surface area contributed by atoms with Gasteiger partial charge in [0.2, 0.25) is 0 Å². The Kier molecular flexibility index (Phi) is 4.48. The van der Waals surface area contributed by atoms with Crippen molar-refractivity contribution < 1.29 is 0 Å². The van der Waals surface area contributed by atoms with Crippen molar-refractivity contribution in [3.63, 3.8) is 0 Å². The molecule has 0 radical (unpaired) electrons. The molecule has 0 spiro atoms. The van der Waals surface area contributed by atoms with Crippen LogP contribution in [0.25, 0.3) is 0 Å². The Morgan fingerprint density at radius 2 is 1.10 bits per heavy atom. The third-order valence-corrected chi connectivity index (χ3v) is 5.71. The molecule has 0 aromatic heterocycles. The van der Waals surface area contributed by atoms with Gasteiger partial charge >= 0.3 is 0 Å². The highest BCUT2D eigenvalue weighted by molar-refractivity contribution is 5.41. The van der Waals surface area contributed by atoms with Gasteiger partial charge in [0.1, 0.15) is 0 Å². The second kappa shape index (κ2) is 6.33. The monoisotopic (exact) mass is 270 g/mol. The Morgan fingerprint density at radius 3 is 1.60 bits per heavy atom. The lowest BCUT2D eigenvalue weighted by atomic mass is 9.77. The van der Waals surface area contributed by atoms with E-state index in [2.05, 4.69) is 26.0 Å². The maximum atomic E-state index is 2.53. The SMILES string of the molecule is Cc1cc(C2CCCCC2)cc(C)c1C1CCCCC1. The van der Waals surface area contributed by atoms with Crippen molar-refractivity contribution in [1.82, 2.24) is 0 Å². The Morgan fingerprint density at radius 1 is 0.650 bits per heavy atom. The molecule has 20 heavy (non-hydrogen) atoms. The number of aryl methyl sites for hydroxylation is 2. The van der Waals surface area contributed by atoms with E-state index in [1.165, 1.54) is 64.2 Å². The molecule has 0 amide bonds. The predicted molar refractivity (Wildman–Crippen MR) is 87.6 cm³/mol. The number of hydrogen-bond donors (Lipinski definition) is 0. The molecule has 0 aliphatic heterocycles. The standard InChI is InChI=1S/C20H30/c1-15-13-19(17-9-5-3-6-10-17)14-16(2)20(15)18-11-7-4-8-12-18/h13-14,17-18H,3-12H2,1-2H3. The number of hydrogen-bond acceptors (Lipinski definition) is 0. The van der Waals surface area contributed by atoms with Gasteiger partial charge in [0.05, 0.1) is 0 Å². The summed E-state index contributed by atoms with van der Waals surface area (Å²) in [6, 6.07) is 5.07. The first-order chi connectivity index (χ1) is 9.75. The quantitative estimate of drug-likeness (QED) is 0.583. The zero-order valence-electron chi connectivity index (χ0n) is 13.4. The fraction of sp³-hybridized carbons (Fsp3) is 0.700. The van der Waals surface area contributed by atoms with Gasteiger partial charge in [0.25, 0.3) is 0 Å². The summed E-state index contributed by atoms with van der Waals surface area (Å²) in [4.78, 5) is 0. The molecule has 1 aromatic carbocycles. The molecule has 0 heterocycles. The summed E-state index contributed by atoms with van der Waals surface area (Å²) in [7, 11) is 0. The van der Waals surface area contributed by atoms with Crippen molar-refractivity contribution in [2.24, 2.45) is 0 Å². The molecule has 2 saturated carbocycles. The van der Waals surface area contributed by atoms with Gasteiger partial charge in [0.15, 0.2) is 0 Å². The Balaban J connectivity index is 1.85. The first kappa shape index (κ1) is 14.2. The topological polar surface area (TPSA) is 0 Å². The van der Waals surface area contributed by atoms with Crippen LogP contribution in [-0.2, 0) is 0 Å². The van der Waals surface area contributed by atoms with Crippen molar-refractivity contribution in [2.45, 2.75) is 89.9 Å². The normalized spacial score (nSPS) is 22.1. The van der Waals surface area contributed by atoms with Crippen molar-refractivity contribution in [1.29, 1.82) is 0 Å². The second-order valence-electron chi connectivity index (χ2n) is 7.24. The van der Waals surface area contributed by atoms with E-state index in [0.29, 0.717) is 0 Å². The Hall–Kier alpha value is -0.780. The molecule has 0 nitrogen and oxygen atoms in total. The molecule has 2 aliphatic rings. The van der Waals surface area contributed by atoms with Crippen LogP contribution in [-0.4, -0.2) is 0 Å². The molecular weight excluding hydrogens is 240 g/mol. The van der Waals surface area contributed by atoms with Crippen LogP contribution in [0, 0.1) is 13.8 Å². The maximum absolute atomic E-state index is 2.53. The smallest absolute Gasteiger partial charge is 0.0157 e. The highest BCUT2D eigenvalue weighted by Gasteiger charge is 2.22. The van der Waals surface area contributed by atoms with Crippen molar-refractivity contribution in [3.8, 4) is 0 Å². The minimum atomic E-state index is 0.849. The summed E-state index contributed by atoms with van der Waals surface area (Å²) < 4.78 is 0. The van der Waals surface area contributed by atoms with Crippen LogP contribution < -0.4 is 0 Å². The summed E-state index contributed by atoms with van der Waals surface area (Å²) in [6.45, 7) is 4.73. The average molecular weight is 270 g/mol. The summed E-state index contributed by atoms with van der Waals surface area (Å²) >= 11 is 0. The molecule has 0 atom stereocenters. The largest absolute Gasteiger partial charge is 0.0555 e. The van der Waals surface area contributed by atoms with Gasteiger partial charge in [-0.1, -0.05) is 50.7 Å². The highest BCUT2D eigenvalue weighted by Crippen LogP contribution is 2.39. The molecule has 110 valence electrons. The molecule has 3 rings (SSSR count).